The average molecular weight is 398 g/mol. The summed E-state index contributed by atoms with van der Waals surface area (Å²) in [5, 5.41) is 8.74. The number of hydrazone groups is 1. The second kappa shape index (κ2) is 9.18. The molecule has 1 aromatic heterocycles. The molecule has 1 N–H and O–H groups in total. The molecule has 0 saturated carbocycles. The summed E-state index contributed by atoms with van der Waals surface area (Å²) in [7, 11) is 0. The summed E-state index contributed by atoms with van der Waals surface area (Å²) in [6.07, 6.45) is 3.78. The molecule has 2 aromatic carbocycles. The van der Waals surface area contributed by atoms with Gasteiger partial charge in [-0.25, -0.2) is 18.9 Å². The third kappa shape index (κ3) is 4.71. The molecule has 0 atom stereocenters. The fraction of sp³-hybridized carbons (Fsp3) is 0.238. The van der Waals surface area contributed by atoms with Gasteiger partial charge in [-0.3, -0.25) is 9.59 Å². The van der Waals surface area contributed by atoms with Crippen LogP contribution in [0.1, 0.15) is 42.2 Å². The molecule has 3 rings (SSSR count). The van der Waals surface area contributed by atoms with Gasteiger partial charge in [-0.15, -0.1) is 0 Å². The largest absolute Gasteiger partial charge is 0.292 e. The maximum Gasteiger partial charge on any atom is 0.292 e. The third-order valence-corrected chi connectivity index (χ3v) is 4.39. The van der Waals surface area contributed by atoms with Crippen LogP contribution in [0.4, 0.5) is 8.78 Å². The normalized spacial score (nSPS) is 11.3. The Morgan fingerprint density at radius 3 is 2.66 bits per heavy atom. The molecule has 0 spiro atoms. The van der Waals surface area contributed by atoms with Crippen LogP contribution < -0.4 is 11.0 Å². The number of nitrogens with zero attached hydrogens (tertiary/aromatic N) is 3. The van der Waals surface area contributed by atoms with E-state index in [-0.39, 0.29) is 16.8 Å². The van der Waals surface area contributed by atoms with Crippen LogP contribution in [0.2, 0.25) is 0 Å². The van der Waals surface area contributed by atoms with Crippen LogP contribution in [-0.4, -0.2) is 21.9 Å². The van der Waals surface area contributed by atoms with Crippen molar-refractivity contribution in [3.05, 3.63) is 75.7 Å². The molecule has 29 heavy (non-hydrogen) atoms. The number of fused-ring (bicyclic) bond motifs is 1. The second-order valence-electron chi connectivity index (χ2n) is 6.49. The fourth-order valence-electron chi connectivity index (χ4n) is 2.89. The van der Waals surface area contributed by atoms with E-state index in [0.717, 1.165) is 37.6 Å². The number of carbonyl (C=O) groups is 1. The number of halogens is 2. The van der Waals surface area contributed by atoms with Gasteiger partial charge >= 0.3 is 0 Å². The minimum Gasteiger partial charge on any atom is -0.267 e. The summed E-state index contributed by atoms with van der Waals surface area (Å²) in [5.41, 5.74) is 2.10. The van der Waals surface area contributed by atoms with Gasteiger partial charge in [-0.1, -0.05) is 38.0 Å². The number of carbonyl (C=O) groups excluding carboxylic acids is 1. The molecule has 1 amide bonds. The van der Waals surface area contributed by atoms with E-state index >= 15 is 0 Å². The van der Waals surface area contributed by atoms with Crippen molar-refractivity contribution in [3.63, 3.8) is 0 Å². The van der Waals surface area contributed by atoms with Crippen molar-refractivity contribution >= 4 is 22.9 Å². The first-order valence-electron chi connectivity index (χ1n) is 9.29. The zero-order chi connectivity index (χ0) is 20.8. The molecule has 0 aliphatic carbocycles. The van der Waals surface area contributed by atoms with Crippen molar-refractivity contribution in [1.29, 1.82) is 0 Å². The maximum absolute atomic E-state index is 13.7. The Labute approximate surface area is 165 Å². The molecule has 6 nitrogen and oxygen atoms in total. The van der Waals surface area contributed by atoms with E-state index in [0.29, 0.717) is 17.3 Å². The highest BCUT2D eigenvalue weighted by atomic mass is 19.1. The Morgan fingerprint density at radius 1 is 1.17 bits per heavy atom. The predicted octanol–water partition coefficient (Wildman–Crippen LogP) is 3.63. The summed E-state index contributed by atoms with van der Waals surface area (Å²) in [6, 6.07) is 9.73. The quantitative estimate of drug-likeness (QED) is 0.375. The van der Waals surface area contributed by atoms with Crippen LogP contribution in [0.25, 0.3) is 10.8 Å². The first kappa shape index (κ1) is 20.3. The van der Waals surface area contributed by atoms with E-state index in [4.69, 9.17) is 0 Å². The lowest BCUT2D eigenvalue weighted by Crippen LogP contribution is -2.29. The van der Waals surface area contributed by atoms with Gasteiger partial charge in [-0.05, 0) is 24.6 Å². The lowest BCUT2D eigenvalue weighted by atomic mass is 10.1. The molecule has 0 saturated heterocycles. The molecule has 0 fully saturated rings. The number of aromatic nitrogens is 2. The second-order valence-corrected chi connectivity index (χ2v) is 6.49. The number of hydrogen-bond acceptors (Lipinski definition) is 4. The van der Waals surface area contributed by atoms with Crippen molar-refractivity contribution in [3.8, 4) is 0 Å². The van der Waals surface area contributed by atoms with Crippen LogP contribution >= 0.6 is 0 Å². The van der Waals surface area contributed by atoms with Gasteiger partial charge < -0.3 is 0 Å². The summed E-state index contributed by atoms with van der Waals surface area (Å²) in [5.74, 6) is -2.13. The van der Waals surface area contributed by atoms with Crippen LogP contribution in [0.15, 0.2) is 52.4 Å². The third-order valence-electron chi connectivity index (χ3n) is 4.39. The number of amides is 1. The van der Waals surface area contributed by atoms with Gasteiger partial charge in [0.15, 0.2) is 5.69 Å². The summed E-state index contributed by atoms with van der Waals surface area (Å²) in [4.78, 5) is 25.3. The zero-order valence-corrected chi connectivity index (χ0v) is 15.9. The molecular formula is C21H20F2N4O2. The minimum atomic E-state index is -0.795. The predicted molar refractivity (Wildman–Crippen MR) is 107 cm³/mol. The van der Waals surface area contributed by atoms with Gasteiger partial charge in [0.1, 0.15) is 11.6 Å². The Morgan fingerprint density at radius 2 is 1.93 bits per heavy atom. The molecule has 0 aliphatic heterocycles. The number of nitrogens with one attached hydrogen (secondary N) is 1. The summed E-state index contributed by atoms with van der Waals surface area (Å²) < 4.78 is 27.9. The van der Waals surface area contributed by atoms with Crippen molar-refractivity contribution in [2.45, 2.75) is 32.7 Å². The van der Waals surface area contributed by atoms with Crippen molar-refractivity contribution < 1.29 is 13.6 Å². The lowest BCUT2D eigenvalue weighted by Gasteiger charge is -2.10. The smallest absolute Gasteiger partial charge is 0.267 e. The molecule has 0 radical (unpaired) electrons. The van der Waals surface area contributed by atoms with Crippen LogP contribution in [0.3, 0.4) is 0 Å². The first-order valence-corrected chi connectivity index (χ1v) is 9.29. The van der Waals surface area contributed by atoms with Gasteiger partial charge in [0.05, 0.1) is 11.6 Å². The van der Waals surface area contributed by atoms with E-state index in [1.807, 2.05) is 0 Å². The maximum atomic E-state index is 13.7. The Bertz CT molecular complexity index is 1130. The molecule has 8 heteroatoms. The standard InChI is InChI=1S/C21H20F2N4O2/c1-2-3-6-11-27-21(29)17-8-5-4-7-16(17)19(26-27)20(28)25-24-13-14-9-10-15(22)12-18(14)23/h4-5,7-10,12-13H,2-3,6,11H2,1H3,(H,25,28)/b24-13-. The summed E-state index contributed by atoms with van der Waals surface area (Å²) >= 11 is 0. The van der Waals surface area contributed by atoms with Gasteiger partial charge in [0.25, 0.3) is 11.5 Å². The first-order chi connectivity index (χ1) is 14.0. The SMILES string of the molecule is CCCCCn1nc(C(=O)N/N=C\c2ccc(F)cc2F)c2ccccc2c1=O. The molecule has 150 valence electrons. The highest BCUT2D eigenvalue weighted by molar-refractivity contribution is 6.04. The van der Waals surface area contributed by atoms with E-state index in [9.17, 15) is 18.4 Å². The fourth-order valence-corrected chi connectivity index (χ4v) is 2.89. The lowest BCUT2D eigenvalue weighted by molar-refractivity contribution is 0.0949. The average Bonchev–Trinajstić information content (AvgIpc) is 2.71. The number of hydrogen-bond donors (Lipinski definition) is 1. The number of aryl methyl sites for hydroxylation is 1. The number of benzene rings is 2. The Kier molecular flexibility index (Phi) is 6.43. The zero-order valence-electron chi connectivity index (χ0n) is 15.9. The molecule has 0 bridgehead atoms. The van der Waals surface area contributed by atoms with E-state index < -0.39 is 17.5 Å². The number of unbranched alkanes of at least 4 members (excludes halogenated alkanes) is 2. The van der Waals surface area contributed by atoms with Gasteiger partial charge in [-0.2, -0.15) is 10.2 Å². The Hall–Kier alpha value is -3.42. The Balaban J connectivity index is 1.89. The van der Waals surface area contributed by atoms with E-state index in [1.165, 1.54) is 10.7 Å². The van der Waals surface area contributed by atoms with E-state index in [1.54, 1.807) is 24.3 Å². The highest BCUT2D eigenvalue weighted by Crippen LogP contribution is 2.14. The number of rotatable bonds is 7. The van der Waals surface area contributed by atoms with Crippen LogP contribution in [0.5, 0.6) is 0 Å². The molecule has 0 aliphatic rings. The van der Waals surface area contributed by atoms with Crippen molar-refractivity contribution in [2.24, 2.45) is 5.10 Å². The molecule has 3 aromatic rings. The van der Waals surface area contributed by atoms with Crippen molar-refractivity contribution in [1.82, 2.24) is 15.2 Å². The highest BCUT2D eigenvalue weighted by Gasteiger charge is 2.16. The summed E-state index contributed by atoms with van der Waals surface area (Å²) in [6.45, 7) is 2.46. The van der Waals surface area contributed by atoms with Crippen molar-refractivity contribution in [2.75, 3.05) is 0 Å². The van der Waals surface area contributed by atoms with Crippen LogP contribution in [-0.2, 0) is 6.54 Å². The molecule has 1 heterocycles. The molecule has 0 unspecified atom stereocenters. The molecular weight excluding hydrogens is 378 g/mol. The van der Waals surface area contributed by atoms with Gasteiger partial charge in [0.2, 0.25) is 0 Å². The minimum absolute atomic E-state index is 0.0223. The van der Waals surface area contributed by atoms with E-state index in [2.05, 4.69) is 22.5 Å². The van der Waals surface area contributed by atoms with Crippen LogP contribution in [0, 0.1) is 11.6 Å². The monoisotopic (exact) mass is 398 g/mol. The topological polar surface area (TPSA) is 76.3 Å². The van der Waals surface area contributed by atoms with Gasteiger partial charge in [0, 0.05) is 23.6 Å².